The third-order valence-electron chi connectivity index (χ3n) is 6.23. The molecule has 2 heteroatoms. The van der Waals surface area contributed by atoms with E-state index in [1.165, 1.54) is 42.3 Å². The van der Waals surface area contributed by atoms with Crippen LogP contribution >= 0.6 is 0 Å². The summed E-state index contributed by atoms with van der Waals surface area (Å²) >= 11 is 0. The van der Waals surface area contributed by atoms with Crippen LogP contribution in [-0.4, -0.2) is 23.5 Å². The highest BCUT2D eigenvalue weighted by Gasteiger charge is 2.39. The van der Waals surface area contributed by atoms with Crippen molar-refractivity contribution in [2.24, 2.45) is 11.8 Å². The van der Waals surface area contributed by atoms with Crippen molar-refractivity contribution < 1.29 is 4.42 Å². The summed E-state index contributed by atoms with van der Waals surface area (Å²) in [6.45, 7) is 8.09. The fraction of sp³-hybridized carbons (Fsp3) is 0.545. The van der Waals surface area contributed by atoms with E-state index in [1.807, 2.05) is 6.26 Å². The van der Waals surface area contributed by atoms with Gasteiger partial charge in [-0.25, -0.2) is 0 Å². The summed E-state index contributed by atoms with van der Waals surface area (Å²) in [5, 5.41) is 1.30. The first-order valence-corrected chi connectivity index (χ1v) is 9.60. The van der Waals surface area contributed by atoms with Gasteiger partial charge in [0.05, 0.1) is 6.26 Å². The van der Waals surface area contributed by atoms with E-state index < -0.39 is 0 Å². The van der Waals surface area contributed by atoms with Crippen LogP contribution in [0.25, 0.3) is 11.0 Å². The van der Waals surface area contributed by atoms with E-state index >= 15 is 0 Å². The van der Waals surface area contributed by atoms with Crippen molar-refractivity contribution >= 4 is 11.0 Å². The lowest BCUT2D eigenvalue weighted by atomic mass is 9.75. The number of piperidine rings is 1. The summed E-state index contributed by atoms with van der Waals surface area (Å²) < 4.78 is 5.81. The van der Waals surface area contributed by atoms with Crippen LogP contribution in [-0.2, 0) is 6.42 Å². The van der Waals surface area contributed by atoms with Crippen LogP contribution in [0.4, 0.5) is 0 Å². The SMILES string of the molecule is CCC1CC2C=CC1N([C@H](CC)Cc1coc3ccc(C)cc13)C2. The molecule has 0 N–H and O–H groups in total. The molecule has 2 aromatic rings. The predicted octanol–water partition coefficient (Wildman–Crippen LogP) is 5.35. The molecule has 0 saturated carbocycles. The molecule has 3 unspecified atom stereocenters. The Bertz CT molecular complexity index is 744. The highest BCUT2D eigenvalue weighted by Crippen LogP contribution is 2.38. The van der Waals surface area contributed by atoms with Crippen molar-refractivity contribution in [3.05, 3.63) is 47.7 Å². The van der Waals surface area contributed by atoms with Gasteiger partial charge in [0.2, 0.25) is 0 Å². The average Bonchev–Trinajstić information content (AvgIpc) is 3.01. The third-order valence-corrected chi connectivity index (χ3v) is 6.23. The number of furan rings is 1. The topological polar surface area (TPSA) is 16.4 Å². The molecule has 4 atom stereocenters. The summed E-state index contributed by atoms with van der Waals surface area (Å²) in [6, 6.07) is 7.77. The molecule has 24 heavy (non-hydrogen) atoms. The van der Waals surface area contributed by atoms with E-state index in [4.69, 9.17) is 4.42 Å². The van der Waals surface area contributed by atoms with Crippen molar-refractivity contribution in [3.63, 3.8) is 0 Å². The van der Waals surface area contributed by atoms with Crippen LogP contribution in [0.2, 0.25) is 0 Å². The van der Waals surface area contributed by atoms with Crippen molar-refractivity contribution in [1.29, 1.82) is 0 Å². The second-order valence-electron chi connectivity index (χ2n) is 7.76. The smallest absolute Gasteiger partial charge is 0.134 e. The zero-order chi connectivity index (χ0) is 16.7. The first-order valence-electron chi connectivity index (χ1n) is 9.60. The van der Waals surface area contributed by atoms with Crippen molar-refractivity contribution in [2.45, 2.75) is 58.5 Å². The van der Waals surface area contributed by atoms with Gasteiger partial charge in [-0.2, -0.15) is 0 Å². The van der Waals surface area contributed by atoms with Gasteiger partial charge < -0.3 is 4.42 Å². The fourth-order valence-electron chi connectivity index (χ4n) is 4.85. The molecule has 0 spiro atoms. The van der Waals surface area contributed by atoms with Crippen LogP contribution in [0, 0.1) is 18.8 Å². The Labute approximate surface area is 145 Å². The zero-order valence-corrected chi connectivity index (χ0v) is 15.2. The Morgan fingerprint density at radius 2 is 2.12 bits per heavy atom. The molecule has 0 radical (unpaired) electrons. The molecule has 1 aliphatic carbocycles. The largest absolute Gasteiger partial charge is 0.464 e. The standard InChI is InChI=1S/C22H29NO/c1-4-17-11-16-7-8-21(17)23(13-16)19(5-2)12-18-14-24-22-9-6-15(3)10-20(18)22/h6-10,14,16-17,19,21H,4-5,11-13H2,1-3H3/t16?,17?,19-,21?/m1/s1. The first kappa shape index (κ1) is 16.0. The maximum Gasteiger partial charge on any atom is 0.134 e. The van der Waals surface area contributed by atoms with E-state index in [1.54, 1.807) is 0 Å². The summed E-state index contributed by atoms with van der Waals surface area (Å²) in [7, 11) is 0. The average molecular weight is 323 g/mol. The lowest BCUT2D eigenvalue weighted by molar-refractivity contribution is 0.0409. The predicted molar refractivity (Wildman–Crippen MR) is 100 cm³/mol. The molecule has 5 rings (SSSR count). The molecule has 2 bridgehead atoms. The minimum atomic E-state index is 0.609. The van der Waals surface area contributed by atoms with Gasteiger partial charge in [-0.05, 0) is 55.7 Å². The Morgan fingerprint density at radius 3 is 2.88 bits per heavy atom. The van der Waals surface area contributed by atoms with Gasteiger partial charge in [-0.1, -0.05) is 44.1 Å². The number of aryl methyl sites for hydroxylation is 1. The highest BCUT2D eigenvalue weighted by atomic mass is 16.3. The number of fused-ring (bicyclic) bond motifs is 3. The molecule has 1 fully saturated rings. The molecule has 3 heterocycles. The van der Waals surface area contributed by atoms with Crippen LogP contribution in [0.5, 0.6) is 0 Å². The van der Waals surface area contributed by atoms with Crippen molar-refractivity contribution in [1.82, 2.24) is 4.90 Å². The van der Waals surface area contributed by atoms with Crippen LogP contribution in [0.3, 0.4) is 0 Å². The van der Waals surface area contributed by atoms with Gasteiger partial charge in [0.25, 0.3) is 0 Å². The molecule has 0 amide bonds. The normalized spacial score (nSPS) is 27.9. The molecular formula is C22H29NO. The van der Waals surface area contributed by atoms with Crippen molar-refractivity contribution in [2.75, 3.05) is 6.54 Å². The quantitative estimate of drug-likeness (QED) is 0.690. The van der Waals surface area contributed by atoms with Gasteiger partial charge in [0, 0.05) is 24.0 Å². The molecule has 2 aliphatic heterocycles. The van der Waals surface area contributed by atoms with E-state index in [2.05, 4.69) is 56.0 Å². The maximum absolute atomic E-state index is 5.81. The summed E-state index contributed by atoms with van der Waals surface area (Å²) in [5.41, 5.74) is 3.71. The summed E-state index contributed by atoms with van der Waals surface area (Å²) in [6.07, 6.45) is 11.9. The Kier molecular flexibility index (Phi) is 4.26. The van der Waals surface area contributed by atoms with E-state index in [9.17, 15) is 0 Å². The van der Waals surface area contributed by atoms with Gasteiger partial charge in [0.1, 0.15) is 5.58 Å². The molecule has 1 aromatic carbocycles. The molecular weight excluding hydrogens is 294 g/mol. The number of hydrogen-bond acceptors (Lipinski definition) is 2. The monoisotopic (exact) mass is 323 g/mol. The second-order valence-corrected chi connectivity index (χ2v) is 7.76. The maximum atomic E-state index is 5.81. The Balaban J connectivity index is 1.60. The highest BCUT2D eigenvalue weighted by molar-refractivity contribution is 5.81. The van der Waals surface area contributed by atoms with Crippen LogP contribution < -0.4 is 0 Å². The van der Waals surface area contributed by atoms with Gasteiger partial charge in [-0.15, -0.1) is 0 Å². The Hall–Kier alpha value is -1.54. The molecule has 1 saturated heterocycles. The van der Waals surface area contributed by atoms with Gasteiger partial charge in [0.15, 0.2) is 0 Å². The molecule has 3 aliphatic rings. The van der Waals surface area contributed by atoms with E-state index in [-0.39, 0.29) is 0 Å². The lowest BCUT2D eigenvalue weighted by Gasteiger charge is -2.49. The third kappa shape index (κ3) is 2.71. The van der Waals surface area contributed by atoms with E-state index in [0.29, 0.717) is 12.1 Å². The van der Waals surface area contributed by atoms with Gasteiger partial charge in [-0.3, -0.25) is 4.90 Å². The van der Waals surface area contributed by atoms with Crippen LogP contribution in [0.1, 0.15) is 44.2 Å². The Morgan fingerprint density at radius 1 is 1.25 bits per heavy atom. The van der Waals surface area contributed by atoms with Gasteiger partial charge >= 0.3 is 0 Å². The minimum absolute atomic E-state index is 0.609. The number of hydrogen-bond donors (Lipinski definition) is 0. The lowest BCUT2D eigenvalue weighted by Crippen LogP contribution is -2.54. The summed E-state index contributed by atoms with van der Waals surface area (Å²) in [5.74, 6) is 1.60. The zero-order valence-electron chi connectivity index (χ0n) is 15.2. The van der Waals surface area contributed by atoms with Crippen molar-refractivity contribution in [3.8, 4) is 0 Å². The molecule has 128 valence electrons. The molecule has 1 aromatic heterocycles. The second kappa shape index (κ2) is 6.40. The van der Waals surface area contributed by atoms with E-state index in [0.717, 1.165) is 23.8 Å². The first-order chi connectivity index (χ1) is 11.7. The molecule has 2 nitrogen and oxygen atoms in total. The fourth-order valence-corrected chi connectivity index (χ4v) is 4.85. The van der Waals surface area contributed by atoms with Crippen LogP contribution in [0.15, 0.2) is 41.0 Å². The minimum Gasteiger partial charge on any atom is -0.464 e. The number of benzene rings is 1. The number of nitrogens with zero attached hydrogens (tertiary/aromatic N) is 1. The number of rotatable bonds is 5. The summed E-state index contributed by atoms with van der Waals surface area (Å²) in [4.78, 5) is 2.79.